The summed E-state index contributed by atoms with van der Waals surface area (Å²) < 4.78 is 26.8. The molecule has 2 aromatic rings. The van der Waals surface area contributed by atoms with Crippen LogP contribution in [0.1, 0.15) is 16.0 Å². The topological polar surface area (TPSA) is 37.4 Å². The number of benzene rings is 1. The Morgan fingerprint density at radius 3 is 2.67 bits per heavy atom. The average Bonchev–Trinajstić information content (AvgIpc) is 2.80. The predicted octanol–water partition coefficient (Wildman–Crippen LogP) is 4.27. The number of nitrogens with zero attached hydrogens (tertiary/aromatic N) is 1. The highest BCUT2D eigenvalue weighted by Crippen LogP contribution is 2.30. The molecule has 0 saturated carbocycles. The molecule has 1 aromatic carbocycles. The summed E-state index contributed by atoms with van der Waals surface area (Å²) in [5.74, 6) is 0.193. The molecule has 0 bridgehead atoms. The summed E-state index contributed by atoms with van der Waals surface area (Å²) in [5.41, 5.74) is 1.57. The van der Waals surface area contributed by atoms with Crippen molar-refractivity contribution in [1.29, 1.82) is 0 Å². The number of rotatable bonds is 5. The van der Waals surface area contributed by atoms with E-state index in [1.54, 1.807) is 32.2 Å². The first-order valence-corrected chi connectivity index (χ1v) is 9.43. The van der Waals surface area contributed by atoms with Gasteiger partial charge in [-0.2, -0.15) is 4.31 Å². The van der Waals surface area contributed by atoms with Gasteiger partial charge in [-0.15, -0.1) is 22.9 Å². The molecular weight excluding hydrogens is 349 g/mol. The fraction of sp³-hybridized carbons (Fsp3) is 0.286. The second kappa shape index (κ2) is 6.67. The maximum Gasteiger partial charge on any atom is 0.244 e. The highest BCUT2D eigenvalue weighted by atomic mass is 35.5. The Hall–Kier alpha value is -0.590. The van der Waals surface area contributed by atoms with Gasteiger partial charge in [-0.05, 0) is 35.6 Å². The van der Waals surface area contributed by atoms with Gasteiger partial charge in [0.1, 0.15) is 4.90 Å². The Balaban J connectivity index is 2.33. The van der Waals surface area contributed by atoms with Gasteiger partial charge in [0.2, 0.25) is 10.0 Å². The predicted molar refractivity (Wildman–Crippen MR) is 88.7 cm³/mol. The average molecular weight is 364 g/mol. The van der Waals surface area contributed by atoms with Crippen LogP contribution in [-0.2, 0) is 22.4 Å². The van der Waals surface area contributed by atoms with Crippen LogP contribution < -0.4 is 0 Å². The minimum atomic E-state index is -3.56. The Labute approximate surface area is 139 Å². The van der Waals surface area contributed by atoms with Gasteiger partial charge < -0.3 is 0 Å². The standard InChI is InChI=1S/C14H15Cl2NO2S2/c1-10-9-20-13(7-15)14(10)21(18,19)17(2)8-11-4-3-5-12(16)6-11/h3-6,9H,7-8H2,1-2H3. The number of aryl methyl sites for hydroxylation is 1. The number of hydrogen-bond acceptors (Lipinski definition) is 3. The molecule has 1 heterocycles. The van der Waals surface area contributed by atoms with Gasteiger partial charge in [-0.3, -0.25) is 0 Å². The van der Waals surface area contributed by atoms with Crippen molar-refractivity contribution in [2.45, 2.75) is 24.2 Å². The number of hydrogen-bond donors (Lipinski definition) is 0. The van der Waals surface area contributed by atoms with Gasteiger partial charge in [0.15, 0.2) is 0 Å². The maximum absolute atomic E-state index is 12.7. The second-order valence-electron chi connectivity index (χ2n) is 4.70. The third kappa shape index (κ3) is 3.60. The van der Waals surface area contributed by atoms with Crippen molar-refractivity contribution in [3.8, 4) is 0 Å². The van der Waals surface area contributed by atoms with Gasteiger partial charge in [-0.25, -0.2) is 8.42 Å². The van der Waals surface area contributed by atoms with Crippen LogP contribution in [0.5, 0.6) is 0 Å². The molecule has 0 radical (unpaired) electrons. The number of alkyl halides is 1. The molecule has 114 valence electrons. The fourth-order valence-corrected chi connectivity index (χ4v) is 5.43. The Morgan fingerprint density at radius 1 is 1.33 bits per heavy atom. The molecule has 0 fully saturated rings. The summed E-state index contributed by atoms with van der Waals surface area (Å²) in [6, 6.07) is 7.17. The molecule has 0 aliphatic heterocycles. The SMILES string of the molecule is Cc1csc(CCl)c1S(=O)(=O)N(C)Cc1cccc(Cl)c1. The Bertz CT molecular complexity index is 741. The largest absolute Gasteiger partial charge is 0.244 e. The zero-order valence-electron chi connectivity index (χ0n) is 11.6. The van der Waals surface area contributed by atoms with E-state index >= 15 is 0 Å². The molecule has 0 spiro atoms. The van der Waals surface area contributed by atoms with Crippen LogP contribution in [0.25, 0.3) is 0 Å². The van der Waals surface area contributed by atoms with E-state index in [4.69, 9.17) is 23.2 Å². The molecule has 0 amide bonds. The van der Waals surface area contributed by atoms with Crippen molar-refractivity contribution in [1.82, 2.24) is 4.31 Å². The van der Waals surface area contributed by atoms with E-state index < -0.39 is 10.0 Å². The van der Waals surface area contributed by atoms with E-state index in [1.165, 1.54) is 15.6 Å². The van der Waals surface area contributed by atoms with E-state index in [1.807, 2.05) is 11.4 Å². The van der Waals surface area contributed by atoms with Gasteiger partial charge in [0, 0.05) is 23.5 Å². The molecule has 0 aliphatic rings. The third-order valence-corrected chi connectivity index (χ3v) is 7.00. The Morgan fingerprint density at radius 2 is 2.05 bits per heavy atom. The molecule has 1 aromatic heterocycles. The second-order valence-corrected chi connectivity index (χ2v) is 8.35. The summed E-state index contributed by atoms with van der Waals surface area (Å²) in [6.45, 7) is 2.05. The monoisotopic (exact) mass is 363 g/mol. The van der Waals surface area contributed by atoms with E-state index in [2.05, 4.69) is 0 Å². The van der Waals surface area contributed by atoms with E-state index in [0.717, 1.165) is 11.1 Å². The smallest absolute Gasteiger partial charge is 0.207 e. The molecule has 0 aliphatic carbocycles. The lowest BCUT2D eigenvalue weighted by atomic mass is 10.2. The van der Waals surface area contributed by atoms with E-state index in [0.29, 0.717) is 14.8 Å². The molecule has 3 nitrogen and oxygen atoms in total. The quantitative estimate of drug-likeness (QED) is 0.743. The molecule has 21 heavy (non-hydrogen) atoms. The van der Waals surface area contributed by atoms with E-state index in [9.17, 15) is 8.42 Å². The summed E-state index contributed by atoms with van der Waals surface area (Å²) in [6.07, 6.45) is 0. The first-order chi connectivity index (χ1) is 9.86. The summed E-state index contributed by atoms with van der Waals surface area (Å²) in [7, 11) is -2.00. The number of sulfonamides is 1. The zero-order valence-corrected chi connectivity index (χ0v) is 14.8. The summed E-state index contributed by atoms with van der Waals surface area (Å²) >= 11 is 13.1. The van der Waals surface area contributed by atoms with Crippen molar-refractivity contribution >= 4 is 44.6 Å². The molecule has 0 saturated heterocycles. The highest BCUT2D eigenvalue weighted by molar-refractivity contribution is 7.89. The maximum atomic E-state index is 12.7. The van der Waals surface area contributed by atoms with E-state index in [-0.39, 0.29) is 12.4 Å². The van der Waals surface area contributed by atoms with Crippen LogP contribution in [0.15, 0.2) is 34.5 Å². The minimum Gasteiger partial charge on any atom is -0.207 e. The fourth-order valence-electron chi connectivity index (χ4n) is 2.06. The van der Waals surface area contributed by atoms with Crippen molar-refractivity contribution in [3.05, 3.63) is 50.7 Å². The lowest BCUT2D eigenvalue weighted by molar-refractivity contribution is 0.466. The van der Waals surface area contributed by atoms with Crippen molar-refractivity contribution in [2.24, 2.45) is 0 Å². The zero-order chi connectivity index (χ0) is 15.6. The lowest BCUT2D eigenvalue weighted by Gasteiger charge is -2.18. The third-order valence-electron chi connectivity index (χ3n) is 3.07. The van der Waals surface area contributed by atoms with Crippen molar-refractivity contribution < 1.29 is 8.42 Å². The first kappa shape index (κ1) is 16.8. The van der Waals surface area contributed by atoms with Crippen LogP contribution in [-0.4, -0.2) is 19.8 Å². The molecule has 7 heteroatoms. The molecule has 2 rings (SSSR count). The van der Waals surface area contributed by atoms with Crippen molar-refractivity contribution in [3.63, 3.8) is 0 Å². The van der Waals surface area contributed by atoms with Gasteiger partial charge in [-0.1, -0.05) is 23.7 Å². The molecular formula is C14H15Cl2NO2S2. The molecule has 0 N–H and O–H groups in total. The minimum absolute atomic E-state index is 0.193. The highest BCUT2D eigenvalue weighted by Gasteiger charge is 2.27. The van der Waals surface area contributed by atoms with Crippen molar-refractivity contribution in [2.75, 3.05) is 7.05 Å². The van der Waals surface area contributed by atoms with Crippen LogP contribution >= 0.6 is 34.5 Å². The van der Waals surface area contributed by atoms with Crippen LogP contribution in [0, 0.1) is 6.92 Å². The number of halogens is 2. The molecule has 0 atom stereocenters. The Kier molecular flexibility index (Phi) is 5.33. The normalized spacial score (nSPS) is 12.0. The van der Waals surface area contributed by atoms with Gasteiger partial charge >= 0.3 is 0 Å². The first-order valence-electron chi connectivity index (χ1n) is 6.20. The summed E-state index contributed by atoms with van der Waals surface area (Å²) in [4.78, 5) is 0.999. The van der Waals surface area contributed by atoms with Gasteiger partial charge in [0.05, 0.1) is 5.88 Å². The summed E-state index contributed by atoms with van der Waals surface area (Å²) in [5, 5.41) is 2.41. The van der Waals surface area contributed by atoms with Crippen LogP contribution in [0.3, 0.4) is 0 Å². The van der Waals surface area contributed by atoms with Crippen LogP contribution in [0.2, 0.25) is 5.02 Å². The lowest BCUT2D eigenvalue weighted by Crippen LogP contribution is -2.27. The number of thiophene rings is 1. The molecule has 0 unspecified atom stereocenters. The van der Waals surface area contributed by atoms with Crippen LogP contribution in [0.4, 0.5) is 0 Å². The van der Waals surface area contributed by atoms with Gasteiger partial charge in [0.25, 0.3) is 0 Å².